The Balaban J connectivity index is 2.50. The van der Waals surface area contributed by atoms with Gasteiger partial charge in [0.25, 0.3) is 0 Å². The molecule has 0 aliphatic heterocycles. The maximum atomic E-state index is 3.77. The zero-order valence-corrected chi connectivity index (χ0v) is 5.92. The van der Waals surface area contributed by atoms with Crippen molar-refractivity contribution in [3.8, 4) is 0 Å². The Morgan fingerprint density at radius 3 is 3.25 bits per heavy atom. The summed E-state index contributed by atoms with van der Waals surface area (Å²) in [6.07, 6.45) is 0. The minimum atomic E-state index is 0.951. The molecule has 44 valence electrons. The molecule has 0 radical (unpaired) electrons. The molecule has 0 saturated carbocycles. The molecule has 0 fully saturated rings. The van der Waals surface area contributed by atoms with Crippen LogP contribution in [0.4, 0.5) is 0 Å². The third-order valence-electron chi connectivity index (χ3n) is 0.529. The van der Waals surface area contributed by atoms with Crippen LogP contribution in [0.15, 0.2) is 9.85 Å². The van der Waals surface area contributed by atoms with Gasteiger partial charge in [-0.1, -0.05) is 11.3 Å². The van der Waals surface area contributed by atoms with E-state index in [1.165, 1.54) is 23.3 Å². The molecule has 1 aromatic rings. The molecule has 1 aromatic heterocycles. The van der Waals surface area contributed by atoms with Crippen LogP contribution in [0.1, 0.15) is 0 Å². The lowest BCUT2D eigenvalue weighted by atomic mass is 11.6. The number of nitrogens with zero attached hydrogens (tertiary/aromatic N) is 2. The number of hydrogen-bond acceptors (Lipinski definition) is 5. The summed E-state index contributed by atoms with van der Waals surface area (Å²) < 4.78 is 3.85. The predicted octanol–water partition coefficient (Wildman–Crippen LogP) is 0.765. The molecule has 3 nitrogen and oxygen atoms in total. The first-order chi connectivity index (χ1) is 3.93. The van der Waals surface area contributed by atoms with Gasteiger partial charge in [0.15, 0.2) is 4.34 Å². The maximum Gasteiger partial charge on any atom is 0.188 e. The number of nitrogens with one attached hydrogen (secondary N) is 1. The minimum absolute atomic E-state index is 0.951. The molecule has 5 heteroatoms. The van der Waals surface area contributed by atoms with Crippen LogP contribution in [0.5, 0.6) is 0 Å². The highest BCUT2D eigenvalue weighted by molar-refractivity contribution is 7.99. The van der Waals surface area contributed by atoms with Crippen molar-refractivity contribution in [2.45, 2.75) is 4.34 Å². The first-order valence-corrected chi connectivity index (χ1v) is 3.73. The van der Waals surface area contributed by atoms with E-state index in [2.05, 4.69) is 14.9 Å². The van der Waals surface area contributed by atoms with E-state index in [1.54, 1.807) is 5.51 Å². The van der Waals surface area contributed by atoms with E-state index in [9.17, 15) is 0 Å². The molecule has 0 aliphatic carbocycles. The summed E-state index contributed by atoms with van der Waals surface area (Å²) in [6, 6.07) is 0. The topological polar surface area (TPSA) is 37.8 Å². The Morgan fingerprint density at radius 2 is 2.75 bits per heavy atom. The van der Waals surface area contributed by atoms with Crippen molar-refractivity contribution in [3.05, 3.63) is 5.51 Å². The summed E-state index contributed by atoms with van der Waals surface area (Å²) in [5, 5.41) is 7.42. The van der Waals surface area contributed by atoms with Crippen LogP contribution in [-0.4, -0.2) is 17.2 Å². The quantitative estimate of drug-likeness (QED) is 0.627. The van der Waals surface area contributed by atoms with Crippen molar-refractivity contribution in [1.29, 1.82) is 0 Å². The molecule has 0 saturated heterocycles. The molecule has 0 aliphatic rings. The van der Waals surface area contributed by atoms with Gasteiger partial charge >= 0.3 is 0 Å². The highest BCUT2D eigenvalue weighted by Crippen LogP contribution is 2.13. The molecule has 0 bridgehead atoms. The Hall–Kier alpha value is -0.130. The Morgan fingerprint density at radius 1 is 1.88 bits per heavy atom. The van der Waals surface area contributed by atoms with Gasteiger partial charge in [-0.05, 0) is 19.0 Å². The number of aromatic nitrogens is 2. The zero-order valence-electron chi connectivity index (χ0n) is 4.29. The van der Waals surface area contributed by atoms with Gasteiger partial charge in [0.1, 0.15) is 5.51 Å². The first-order valence-electron chi connectivity index (χ1n) is 2.03. The molecule has 0 amide bonds. The normalized spacial score (nSPS) is 9.62. The fourth-order valence-electron chi connectivity index (χ4n) is 0.295. The summed E-state index contributed by atoms with van der Waals surface area (Å²) in [6.45, 7) is 0. The van der Waals surface area contributed by atoms with Gasteiger partial charge in [-0.3, -0.25) is 4.72 Å². The summed E-state index contributed by atoms with van der Waals surface area (Å²) >= 11 is 3.00. The van der Waals surface area contributed by atoms with Crippen molar-refractivity contribution in [1.82, 2.24) is 14.9 Å². The van der Waals surface area contributed by atoms with E-state index in [1.807, 2.05) is 7.05 Å². The molecular weight excluding hydrogens is 142 g/mol. The summed E-state index contributed by atoms with van der Waals surface area (Å²) in [7, 11) is 1.85. The van der Waals surface area contributed by atoms with Gasteiger partial charge in [0.2, 0.25) is 0 Å². The van der Waals surface area contributed by atoms with Gasteiger partial charge in [0, 0.05) is 0 Å². The third-order valence-corrected chi connectivity index (χ3v) is 2.01. The van der Waals surface area contributed by atoms with Gasteiger partial charge < -0.3 is 0 Å². The lowest BCUT2D eigenvalue weighted by molar-refractivity contribution is 1.01. The summed E-state index contributed by atoms with van der Waals surface area (Å²) in [4.78, 5) is 0. The third kappa shape index (κ3) is 1.43. The second-order valence-electron chi connectivity index (χ2n) is 1.01. The van der Waals surface area contributed by atoms with E-state index in [0.29, 0.717) is 0 Å². The molecule has 0 atom stereocenters. The van der Waals surface area contributed by atoms with Crippen molar-refractivity contribution in [2.24, 2.45) is 0 Å². The molecule has 0 aromatic carbocycles. The Labute approximate surface area is 55.7 Å². The lowest BCUT2D eigenvalue weighted by Gasteiger charge is -1.85. The standard InChI is InChI=1S/C3H5N3S2/c1-4-8-3-6-5-2-7-3/h2,4H,1H3. The second kappa shape index (κ2) is 3.01. The van der Waals surface area contributed by atoms with Crippen LogP contribution in [0.3, 0.4) is 0 Å². The Bertz CT molecular complexity index is 138. The van der Waals surface area contributed by atoms with Crippen LogP contribution in [0, 0.1) is 0 Å². The first kappa shape index (κ1) is 6.00. The fraction of sp³-hybridized carbons (Fsp3) is 0.333. The minimum Gasteiger partial charge on any atom is -0.261 e. The number of hydrogen-bond donors (Lipinski definition) is 1. The van der Waals surface area contributed by atoms with Crippen molar-refractivity contribution in [3.63, 3.8) is 0 Å². The average Bonchev–Trinajstić information content (AvgIpc) is 2.19. The maximum absolute atomic E-state index is 3.77. The predicted molar refractivity (Wildman–Crippen MR) is 34.8 cm³/mol. The molecule has 0 unspecified atom stereocenters. The molecule has 1 rings (SSSR count). The largest absolute Gasteiger partial charge is 0.261 e. The van der Waals surface area contributed by atoms with Crippen molar-refractivity contribution < 1.29 is 0 Å². The fourth-order valence-corrected chi connectivity index (χ4v) is 1.41. The van der Waals surface area contributed by atoms with Crippen molar-refractivity contribution in [2.75, 3.05) is 7.05 Å². The monoisotopic (exact) mass is 147 g/mol. The van der Waals surface area contributed by atoms with Crippen LogP contribution >= 0.6 is 23.3 Å². The van der Waals surface area contributed by atoms with Gasteiger partial charge in [-0.2, -0.15) is 0 Å². The van der Waals surface area contributed by atoms with E-state index >= 15 is 0 Å². The van der Waals surface area contributed by atoms with Gasteiger partial charge in [0.05, 0.1) is 0 Å². The van der Waals surface area contributed by atoms with E-state index in [4.69, 9.17) is 0 Å². The Kier molecular flexibility index (Phi) is 2.26. The average molecular weight is 147 g/mol. The smallest absolute Gasteiger partial charge is 0.188 e. The van der Waals surface area contributed by atoms with E-state index < -0.39 is 0 Å². The van der Waals surface area contributed by atoms with Gasteiger partial charge in [-0.25, -0.2) is 0 Å². The molecule has 0 spiro atoms. The van der Waals surface area contributed by atoms with Crippen LogP contribution < -0.4 is 4.72 Å². The zero-order chi connectivity index (χ0) is 5.82. The lowest BCUT2D eigenvalue weighted by Crippen LogP contribution is -1.89. The summed E-state index contributed by atoms with van der Waals surface area (Å²) in [5.41, 5.74) is 1.71. The van der Waals surface area contributed by atoms with Crippen molar-refractivity contribution >= 4 is 23.3 Å². The molecule has 1 N–H and O–H groups in total. The SMILES string of the molecule is CNSc1nncs1. The van der Waals surface area contributed by atoms with Crippen LogP contribution in [-0.2, 0) is 0 Å². The number of rotatable bonds is 2. The molecule has 1 heterocycles. The van der Waals surface area contributed by atoms with E-state index in [0.717, 1.165) is 4.34 Å². The van der Waals surface area contributed by atoms with Gasteiger partial charge in [-0.15, -0.1) is 10.2 Å². The molecular formula is C3H5N3S2. The van der Waals surface area contributed by atoms with Crippen LogP contribution in [0.2, 0.25) is 0 Å². The highest BCUT2D eigenvalue weighted by Gasteiger charge is 1.91. The second-order valence-corrected chi connectivity index (χ2v) is 3.10. The highest BCUT2D eigenvalue weighted by atomic mass is 32.2. The molecule has 8 heavy (non-hydrogen) atoms. The van der Waals surface area contributed by atoms with Crippen LogP contribution in [0.25, 0.3) is 0 Å². The summed E-state index contributed by atoms with van der Waals surface area (Å²) in [5.74, 6) is 0. The van der Waals surface area contributed by atoms with E-state index in [-0.39, 0.29) is 0 Å².